The van der Waals surface area contributed by atoms with Gasteiger partial charge in [-0.05, 0) is 19.9 Å². The SMILES string of the molecule is COC(=O)c1cc(CNC(C)C(=O)N(C)C)oc1C. The van der Waals surface area contributed by atoms with Crippen LogP contribution in [-0.4, -0.2) is 44.0 Å². The van der Waals surface area contributed by atoms with Crippen molar-refractivity contribution in [2.75, 3.05) is 21.2 Å². The van der Waals surface area contributed by atoms with Gasteiger partial charge in [0.25, 0.3) is 0 Å². The molecule has 0 saturated heterocycles. The summed E-state index contributed by atoms with van der Waals surface area (Å²) in [4.78, 5) is 24.6. The van der Waals surface area contributed by atoms with Crippen molar-refractivity contribution in [2.45, 2.75) is 26.4 Å². The number of carbonyl (C=O) groups is 2. The molecule has 106 valence electrons. The van der Waals surface area contributed by atoms with E-state index in [0.29, 0.717) is 23.6 Å². The predicted octanol–water partition coefficient (Wildman–Crippen LogP) is 0.941. The van der Waals surface area contributed by atoms with Crippen LogP contribution in [0.3, 0.4) is 0 Å². The maximum Gasteiger partial charge on any atom is 0.341 e. The highest BCUT2D eigenvalue weighted by Gasteiger charge is 2.17. The van der Waals surface area contributed by atoms with Gasteiger partial charge in [-0.2, -0.15) is 0 Å². The van der Waals surface area contributed by atoms with Crippen LogP contribution in [-0.2, 0) is 16.1 Å². The quantitative estimate of drug-likeness (QED) is 0.805. The molecule has 1 rings (SSSR count). The van der Waals surface area contributed by atoms with Crippen LogP contribution in [0.15, 0.2) is 10.5 Å². The molecule has 1 unspecified atom stereocenters. The number of carbonyl (C=O) groups excluding carboxylic acids is 2. The zero-order valence-electron chi connectivity index (χ0n) is 11.9. The summed E-state index contributed by atoms with van der Waals surface area (Å²) in [5.41, 5.74) is 0.408. The summed E-state index contributed by atoms with van der Waals surface area (Å²) in [5.74, 6) is 0.660. The van der Waals surface area contributed by atoms with Crippen LogP contribution >= 0.6 is 0 Å². The highest BCUT2D eigenvalue weighted by Crippen LogP contribution is 2.15. The molecule has 19 heavy (non-hydrogen) atoms. The van der Waals surface area contributed by atoms with E-state index < -0.39 is 5.97 Å². The average Bonchev–Trinajstić information content (AvgIpc) is 2.75. The number of hydrogen-bond donors (Lipinski definition) is 1. The van der Waals surface area contributed by atoms with Crippen LogP contribution < -0.4 is 5.32 Å². The molecular weight excluding hydrogens is 248 g/mol. The second kappa shape index (κ2) is 6.38. The first-order chi connectivity index (χ1) is 8.86. The van der Waals surface area contributed by atoms with Gasteiger partial charge in [0.1, 0.15) is 17.1 Å². The molecule has 0 saturated carbocycles. The Kier molecular flexibility index (Phi) is 5.11. The van der Waals surface area contributed by atoms with Gasteiger partial charge in [-0.25, -0.2) is 4.79 Å². The summed E-state index contributed by atoms with van der Waals surface area (Å²) in [6.45, 7) is 3.85. The number of furan rings is 1. The van der Waals surface area contributed by atoms with Gasteiger partial charge in [-0.3, -0.25) is 10.1 Å². The molecule has 1 amide bonds. The van der Waals surface area contributed by atoms with Crippen LogP contribution in [0, 0.1) is 6.92 Å². The Morgan fingerprint density at radius 2 is 2.11 bits per heavy atom. The van der Waals surface area contributed by atoms with E-state index in [4.69, 9.17) is 4.42 Å². The number of amides is 1. The number of esters is 1. The van der Waals surface area contributed by atoms with Crippen LogP contribution in [0.1, 0.15) is 28.8 Å². The van der Waals surface area contributed by atoms with E-state index in [0.717, 1.165) is 0 Å². The first kappa shape index (κ1) is 15.2. The highest BCUT2D eigenvalue weighted by atomic mass is 16.5. The van der Waals surface area contributed by atoms with E-state index in [-0.39, 0.29) is 11.9 Å². The van der Waals surface area contributed by atoms with Crippen molar-refractivity contribution in [1.29, 1.82) is 0 Å². The molecule has 0 fully saturated rings. The van der Waals surface area contributed by atoms with Crippen LogP contribution in [0.2, 0.25) is 0 Å². The van der Waals surface area contributed by atoms with Crippen LogP contribution in [0.5, 0.6) is 0 Å². The number of aryl methyl sites for hydroxylation is 1. The lowest BCUT2D eigenvalue weighted by Crippen LogP contribution is -2.41. The van der Waals surface area contributed by atoms with Crippen LogP contribution in [0.25, 0.3) is 0 Å². The van der Waals surface area contributed by atoms with Crippen molar-refractivity contribution >= 4 is 11.9 Å². The van der Waals surface area contributed by atoms with E-state index in [1.54, 1.807) is 34.0 Å². The van der Waals surface area contributed by atoms with Gasteiger partial charge in [-0.1, -0.05) is 0 Å². The first-order valence-corrected chi connectivity index (χ1v) is 5.99. The maximum atomic E-state index is 11.6. The van der Waals surface area contributed by atoms with E-state index in [1.807, 2.05) is 0 Å². The van der Waals surface area contributed by atoms with Gasteiger partial charge >= 0.3 is 5.97 Å². The number of methoxy groups -OCH3 is 1. The van der Waals surface area contributed by atoms with Gasteiger partial charge in [0.15, 0.2) is 0 Å². The van der Waals surface area contributed by atoms with Crippen LogP contribution in [0.4, 0.5) is 0 Å². The Bertz CT molecular complexity index is 465. The molecule has 0 bridgehead atoms. The third-order valence-corrected chi connectivity index (χ3v) is 2.77. The van der Waals surface area contributed by atoms with Gasteiger partial charge in [0, 0.05) is 14.1 Å². The molecule has 1 aromatic rings. The summed E-state index contributed by atoms with van der Waals surface area (Å²) >= 11 is 0. The molecule has 0 aliphatic rings. The Balaban J connectivity index is 2.64. The zero-order valence-corrected chi connectivity index (χ0v) is 11.9. The summed E-state index contributed by atoms with van der Waals surface area (Å²) in [6.07, 6.45) is 0. The smallest absolute Gasteiger partial charge is 0.341 e. The third-order valence-electron chi connectivity index (χ3n) is 2.77. The fourth-order valence-electron chi connectivity index (χ4n) is 1.67. The third kappa shape index (κ3) is 3.82. The number of hydrogen-bond acceptors (Lipinski definition) is 5. The predicted molar refractivity (Wildman–Crippen MR) is 69.8 cm³/mol. The van der Waals surface area contributed by atoms with Gasteiger partial charge in [0.2, 0.25) is 5.91 Å². The lowest BCUT2D eigenvalue weighted by molar-refractivity contribution is -0.130. The largest absolute Gasteiger partial charge is 0.465 e. The minimum absolute atomic E-state index is 0.0172. The summed E-state index contributed by atoms with van der Waals surface area (Å²) in [6, 6.07) is 1.31. The topological polar surface area (TPSA) is 71.8 Å². The average molecular weight is 268 g/mol. The molecule has 1 N–H and O–H groups in total. The van der Waals surface area contributed by atoms with Gasteiger partial charge in [0.05, 0.1) is 19.7 Å². The van der Waals surface area contributed by atoms with E-state index >= 15 is 0 Å². The maximum absolute atomic E-state index is 11.6. The molecular formula is C13H20N2O4. The van der Waals surface area contributed by atoms with E-state index in [9.17, 15) is 9.59 Å². The minimum Gasteiger partial charge on any atom is -0.465 e. The Hall–Kier alpha value is -1.82. The van der Waals surface area contributed by atoms with Crippen molar-refractivity contribution in [3.05, 3.63) is 23.2 Å². The standard InChI is InChI=1S/C13H20N2O4/c1-8(12(16)15(3)4)14-7-10-6-11(9(2)19-10)13(17)18-5/h6,8,14H,7H2,1-5H3. The molecule has 0 radical (unpaired) electrons. The fraction of sp³-hybridized carbons (Fsp3) is 0.538. The van der Waals surface area contributed by atoms with Crippen molar-refractivity contribution in [1.82, 2.24) is 10.2 Å². The second-order valence-corrected chi connectivity index (χ2v) is 4.51. The summed E-state index contributed by atoms with van der Waals surface area (Å²) in [5, 5.41) is 3.04. The molecule has 0 aliphatic heterocycles. The lowest BCUT2D eigenvalue weighted by atomic mass is 10.2. The number of rotatable bonds is 5. The van der Waals surface area contributed by atoms with Crippen molar-refractivity contribution in [3.8, 4) is 0 Å². The molecule has 0 spiro atoms. The molecule has 0 aromatic carbocycles. The van der Waals surface area contributed by atoms with E-state index in [1.165, 1.54) is 12.0 Å². The number of ether oxygens (including phenoxy) is 1. The molecule has 1 atom stereocenters. The molecule has 6 heteroatoms. The Morgan fingerprint density at radius 3 is 2.63 bits per heavy atom. The van der Waals surface area contributed by atoms with Gasteiger partial charge < -0.3 is 14.1 Å². The molecule has 1 heterocycles. The monoisotopic (exact) mass is 268 g/mol. The summed E-state index contributed by atoms with van der Waals surface area (Å²) < 4.78 is 10.1. The Labute approximate surface area is 112 Å². The van der Waals surface area contributed by atoms with Crippen molar-refractivity contribution < 1.29 is 18.7 Å². The normalized spacial score (nSPS) is 12.1. The second-order valence-electron chi connectivity index (χ2n) is 4.51. The molecule has 6 nitrogen and oxygen atoms in total. The molecule has 0 aliphatic carbocycles. The number of nitrogens with one attached hydrogen (secondary N) is 1. The van der Waals surface area contributed by atoms with Crippen molar-refractivity contribution in [3.63, 3.8) is 0 Å². The highest BCUT2D eigenvalue weighted by molar-refractivity contribution is 5.90. The fourth-order valence-corrected chi connectivity index (χ4v) is 1.67. The van der Waals surface area contributed by atoms with Crippen molar-refractivity contribution in [2.24, 2.45) is 0 Å². The minimum atomic E-state index is -0.426. The van der Waals surface area contributed by atoms with Gasteiger partial charge in [-0.15, -0.1) is 0 Å². The van der Waals surface area contributed by atoms with E-state index in [2.05, 4.69) is 10.1 Å². The number of likely N-dealkylation sites (N-methyl/N-ethyl adjacent to an activating group) is 1. The molecule has 1 aromatic heterocycles. The number of nitrogens with zero attached hydrogens (tertiary/aromatic N) is 1. The Morgan fingerprint density at radius 1 is 1.47 bits per heavy atom. The summed E-state index contributed by atoms with van der Waals surface area (Å²) in [7, 11) is 4.73. The first-order valence-electron chi connectivity index (χ1n) is 5.99. The lowest BCUT2D eigenvalue weighted by Gasteiger charge is -2.17. The zero-order chi connectivity index (χ0) is 14.6.